The molecule has 11 heteroatoms. The van der Waals surface area contributed by atoms with E-state index >= 15 is 0 Å². The molecule has 2 aliphatic heterocycles. The van der Waals surface area contributed by atoms with Gasteiger partial charge < -0.3 is 33.9 Å². The number of methoxy groups -OCH3 is 1. The van der Waals surface area contributed by atoms with Crippen molar-refractivity contribution in [2.24, 2.45) is 0 Å². The normalized spacial score (nSPS) is 21.0. The number of hydrogen-bond donors (Lipinski definition) is 1. The van der Waals surface area contributed by atoms with Gasteiger partial charge in [0, 0.05) is 36.8 Å². The van der Waals surface area contributed by atoms with Crippen LogP contribution in [0.3, 0.4) is 0 Å². The minimum absolute atomic E-state index is 0.0535. The van der Waals surface area contributed by atoms with Gasteiger partial charge in [0.05, 0.1) is 38.3 Å². The van der Waals surface area contributed by atoms with E-state index in [0.29, 0.717) is 48.6 Å². The summed E-state index contributed by atoms with van der Waals surface area (Å²) in [6.07, 6.45) is 3.53. The fourth-order valence-corrected chi connectivity index (χ4v) is 5.14. The van der Waals surface area contributed by atoms with E-state index in [9.17, 15) is 19.2 Å². The highest BCUT2D eigenvalue weighted by Gasteiger charge is 2.47. The number of carbonyl (C=O) groups is 4. The largest absolute Gasteiger partial charge is 0.468 e. The third-order valence-electron chi connectivity index (χ3n) is 7.12. The number of anilines is 1. The smallest absolute Gasteiger partial charge is 0.308 e. The number of nitrogens with zero attached hydrogens (tertiary/aromatic N) is 1. The van der Waals surface area contributed by atoms with Crippen LogP contribution in [0.15, 0.2) is 60.7 Å². The van der Waals surface area contributed by atoms with E-state index in [0.717, 1.165) is 0 Å². The Labute approximate surface area is 251 Å². The maximum atomic E-state index is 13.8. The second-order valence-corrected chi connectivity index (χ2v) is 10.0. The summed E-state index contributed by atoms with van der Waals surface area (Å²) in [5, 5.41) is 3.02. The van der Waals surface area contributed by atoms with Crippen LogP contribution >= 0.6 is 0 Å². The van der Waals surface area contributed by atoms with Crippen molar-refractivity contribution in [2.75, 3.05) is 38.6 Å². The third-order valence-corrected chi connectivity index (χ3v) is 7.12. The van der Waals surface area contributed by atoms with Gasteiger partial charge in [-0.1, -0.05) is 30.4 Å². The number of hydrogen-bond acceptors (Lipinski definition) is 9. The minimum atomic E-state index is -1.10. The van der Waals surface area contributed by atoms with Crippen LogP contribution in [-0.4, -0.2) is 69.6 Å². The minimum Gasteiger partial charge on any atom is -0.468 e. The number of carbonyl (C=O) groups excluding carboxylic acids is 4. The Morgan fingerprint density at radius 2 is 1.79 bits per heavy atom. The van der Waals surface area contributed by atoms with E-state index in [4.69, 9.17) is 23.7 Å². The highest BCUT2D eigenvalue weighted by Crippen LogP contribution is 2.43. The molecule has 0 saturated heterocycles. The molecule has 11 nitrogen and oxygen atoms in total. The molecule has 1 N–H and O–H groups in total. The molecule has 230 valence electrons. The zero-order chi connectivity index (χ0) is 30.6. The molecule has 3 atom stereocenters. The number of fused-ring (bicyclic) bond motifs is 4. The molecule has 0 fully saturated rings. The lowest BCUT2D eigenvalue weighted by molar-refractivity contribution is -0.156. The van der Waals surface area contributed by atoms with Gasteiger partial charge >= 0.3 is 11.9 Å². The fourth-order valence-electron chi connectivity index (χ4n) is 5.14. The Kier molecular flexibility index (Phi) is 11.7. The summed E-state index contributed by atoms with van der Waals surface area (Å²) in [6.45, 7) is 2.52. The second-order valence-electron chi connectivity index (χ2n) is 10.0. The Morgan fingerprint density at radius 1 is 1.02 bits per heavy atom. The van der Waals surface area contributed by atoms with Crippen molar-refractivity contribution in [1.82, 2.24) is 5.32 Å². The molecule has 0 aliphatic carbocycles. The van der Waals surface area contributed by atoms with Crippen molar-refractivity contribution in [3.63, 3.8) is 0 Å². The molecular weight excluding hydrogens is 556 g/mol. The molecule has 43 heavy (non-hydrogen) atoms. The van der Waals surface area contributed by atoms with Crippen molar-refractivity contribution >= 4 is 29.4 Å². The van der Waals surface area contributed by atoms with Gasteiger partial charge in [0.1, 0.15) is 11.9 Å². The van der Waals surface area contributed by atoms with Crippen LogP contribution in [0.4, 0.5) is 5.69 Å². The van der Waals surface area contributed by atoms with E-state index in [2.05, 4.69) is 5.32 Å². The molecule has 2 aromatic carbocycles. The van der Waals surface area contributed by atoms with Crippen molar-refractivity contribution in [3.8, 4) is 5.75 Å². The molecule has 2 amide bonds. The topological polar surface area (TPSA) is 130 Å². The van der Waals surface area contributed by atoms with Crippen LogP contribution in [-0.2, 0) is 33.3 Å². The standard InChI is InChI=1S/C32H38N2O9/c1-3-41-29(37)20-26-31-30(33-32(38)22-11-7-6-8-12-22)24-19-23(42-21-40-18-17-39-2)15-16-25(24)34(26)27(35)13-9-4-5-10-14-28(36)43-31/h4-8,11-12,15-16,19,26,30-31H,3,9-10,13-14,17-18,20-21H2,1-2H3,(H,33,38)/b5-4-/t26-,30-,31-/m0/s1. The molecule has 0 unspecified atom stereocenters. The van der Waals surface area contributed by atoms with Crippen molar-refractivity contribution < 1.29 is 42.9 Å². The van der Waals surface area contributed by atoms with Crippen LogP contribution in [0.25, 0.3) is 0 Å². The average molecular weight is 595 g/mol. The average Bonchev–Trinajstić information content (AvgIpc) is 3.00. The van der Waals surface area contributed by atoms with Crippen molar-refractivity contribution in [2.45, 2.75) is 57.2 Å². The summed E-state index contributed by atoms with van der Waals surface area (Å²) in [6, 6.07) is 11.8. The number of ether oxygens (including phenoxy) is 5. The Balaban J connectivity index is 1.81. The lowest BCUT2D eigenvalue weighted by Crippen LogP contribution is -2.58. The first kappa shape index (κ1) is 31.7. The van der Waals surface area contributed by atoms with Crippen molar-refractivity contribution in [1.29, 1.82) is 0 Å². The number of esters is 2. The predicted molar refractivity (Wildman–Crippen MR) is 156 cm³/mol. The Morgan fingerprint density at radius 3 is 2.53 bits per heavy atom. The van der Waals surface area contributed by atoms with Gasteiger partial charge in [-0.3, -0.25) is 19.2 Å². The van der Waals surface area contributed by atoms with E-state index in [1.54, 1.807) is 62.6 Å². The lowest BCUT2D eigenvalue weighted by atomic mass is 9.85. The molecule has 2 bridgehead atoms. The maximum Gasteiger partial charge on any atom is 0.308 e. The zero-order valence-electron chi connectivity index (χ0n) is 24.5. The van der Waals surface area contributed by atoms with E-state index in [-0.39, 0.29) is 38.6 Å². The monoisotopic (exact) mass is 594 g/mol. The first-order chi connectivity index (χ1) is 20.9. The van der Waals surface area contributed by atoms with Gasteiger partial charge in [-0.05, 0) is 50.1 Å². The van der Waals surface area contributed by atoms with E-state index in [1.807, 2.05) is 12.2 Å². The van der Waals surface area contributed by atoms with Gasteiger partial charge in [0.25, 0.3) is 5.91 Å². The van der Waals surface area contributed by atoms with Crippen LogP contribution in [0, 0.1) is 0 Å². The van der Waals surface area contributed by atoms with Gasteiger partial charge in [0.15, 0.2) is 6.79 Å². The summed E-state index contributed by atoms with van der Waals surface area (Å²) in [7, 11) is 1.57. The Bertz CT molecular complexity index is 1300. The first-order valence-electron chi connectivity index (χ1n) is 14.4. The zero-order valence-corrected chi connectivity index (χ0v) is 24.5. The van der Waals surface area contributed by atoms with Crippen molar-refractivity contribution in [3.05, 3.63) is 71.8 Å². The summed E-state index contributed by atoms with van der Waals surface area (Å²) >= 11 is 0. The molecular formula is C32H38N2O9. The van der Waals surface area contributed by atoms with Crippen LogP contribution in [0.1, 0.15) is 61.0 Å². The first-order valence-corrected chi connectivity index (χ1v) is 14.4. The molecule has 2 heterocycles. The molecule has 2 aliphatic rings. The number of rotatable bonds is 11. The summed E-state index contributed by atoms with van der Waals surface area (Å²) < 4.78 is 27.5. The van der Waals surface area contributed by atoms with Gasteiger partial charge in [0.2, 0.25) is 5.91 Å². The molecule has 0 aromatic heterocycles. The molecule has 4 rings (SSSR count). The van der Waals surface area contributed by atoms with Gasteiger partial charge in [-0.15, -0.1) is 0 Å². The van der Waals surface area contributed by atoms with Gasteiger partial charge in [-0.2, -0.15) is 0 Å². The molecule has 0 radical (unpaired) electrons. The van der Waals surface area contributed by atoms with E-state index in [1.165, 1.54) is 4.90 Å². The number of nitrogens with one attached hydrogen (secondary N) is 1. The number of allylic oxidation sites excluding steroid dienone is 2. The molecule has 0 spiro atoms. The molecule has 0 saturated carbocycles. The van der Waals surface area contributed by atoms with E-state index < -0.39 is 36.0 Å². The summed E-state index contributed by atoms with van der Waals surface area (Å²) in [5.41, 5.74) is 1.37. The van der Waals surface area contributed by atoms with Crippen LogP contribution < -0.4 is 15.0 Å². The fraction of sp³-hybridized carbons (Fsp3) is 0.438. The predicted octanol–water partition coefficient (Wildman–Crippen LogP) is 3.87. The lowest BCUT2D eigenvalue weighted by Gasteiger charge is -2.45. The van der Waals surface area contributed by atoms with Crippen LogP contribution in [0.5, 0.6) is 5.75 Å². The highest BCUT2D eigenvalue weighted by molar-refractivity contribution is 5.98. The maximum absolute atomic E-state index is 13.8. The SMILES string of the molecule is CCOC(=O)C[C@H]1[C@@H]2OC(=O)CC/C=C\CCC(=O)N1c1ccc(OCOCCOC)cc1[C@@H]2NC(=O)c1ccccc1. The second kappa shape index (κ2) is 15.9. The number of benzene rings is 2. The summed E-state index contributed by atoms with van der Waals surface area (Å²) in [4.78, 5) is 54.8. The van der Waals surface area contributed by atoms with Gasteiger partial charge in [-0.25, -0.2) is 0 Å². The Hall–Kier alpha value is -4.22. The van der Waals surface area contributed by atoms with Crippen LogP contribution in [0.2, 0.25) is 0 Å². The summed E-state index contributed by atoms with van der Waals surface area (Å²) in [5.74, 6) is -1.32. The number of amides is 2. The third kappa shape index (κ3) is 8.42. The highest BCUT2D eigenvalue weighted by atomic mass is 16.7. The molecule has 2 aromatic rings. The quantitative estimate of drug-likeness (QED) is 0.178.